The van der Waals surface area contributed by atoms with Crippen LogP contribution in [0.25, 0.3) is 11.0 Å². The van der Waals surface area contributed by atoms with Crippen LogP contribution in [-0.4, -0.2) is 32.0 Å². The Hall–Kier alpha value is -1.95. The first-order valence-corrected chi connectivity index (χ1v) is 9.69. The van der Waals surface area contributed by atoms with Gasteiger partial charge in [0.1, 0.15) is 11.6 Å². The number of rotatable bonds is 4. The first-order valence-electron chi connectivity index (χ1n) is 8.92. The predicted octanol–water partition coefficient (Wildman–Crippen LogP) is 3.70. The number of benzene rings is 1. The number of hydrogen-bond donors (Lipinski definition) is 0. The first-order chi connectivity index (χ1) is 11.9. The van der Waals surface area contributed by atoms with Gasteiger partial charge >= 0.3 is 0 Å². The molecule has 1 aromatic carbocycles. The minimum absolute atomic E-state index is 0.515. The van der Waals surface area contributed by atoms with Crippen molar-refractivity contribution >= 4 is 27.7 Å². The second-order valence-corrected chi connectivity index (χ2v) is 8.10. The molecule has 0 bridgehead atoms. The Morgan fingerprint density at radius 2 is 1.75 bits per heavy atom. The molecule has 1 saturated heterocycles. The Kier molecular flexibility index (Phi) is 2.66. The molecule has 3 fully saturated rings. The van der Waals surface area contributed by atoms with Gasteiger partial charge in [0, 0.05) is 36.5 Å². The molecule has 5 nitrogen and oxygen atoms in total. The van der Waals surface area contributed by atoms with Crippen molar-refractivity contribution in [3.8, 4) is 0 Å². The van der Waals surface area contributed by atoms with Gasteiger partial charge in [-0.1, -0.05) is 12.1 Å². The monoisotopic (exact) mass is 337 g/mol. The molecule has 6 rings (SSSR count). The predicted molar refractivity (Wildman–Crippen MR) is 94.8 cm³/mol. The molecule has 3 aliphatic rings. The van der Waals surface area contributed by atoms with Gasteiger partial charge in [-0.25, -0.2) is 9.97 Å². The molecule has 3 aromatic rings. The summed E-state index contributed by atoms with van der Waals surface area (Å²) in [7, 11) is 0. The molecule has 0 unspecified atom stereocenters. The fourth-order valence-electron chi connectivity index (χ4n) is 3.71. The molecule has 122 valence electrons. The molecular weight excluding hydrogens is 318 g/mol. The molecule has 2 aromatic heterocycles. The lowest BCUT2D eigenvalue weighted by Gasteiger charge is -2.40. The third-order valence-corrected chi connectivity index (χ3v) is 6.23. The van der Waals surface area contributed by atoms with Gasteiger partial charge in [-0.15, -0.1) is 0 Å². The lowest BCUT2D eigenvalue weighted by molar-refractivity contribution is 0.397. The molecule has 3 heterocycles. The third kappa shape index (κ3) is 2.02. The molecule has 0 amide bonds. The number of nitrogens with zero attached hydrogens (tertiary/aromatic N) is 5. The van der Waals surface area contributed by atoms with Crippen LogP contribution in [0.2, 0.25) is 0 Å². The van der Waals surface area contributed by atoms with E-state index in [2.05, 4.69) is 38.1 Å². The van der Waals surface area contributed by atoms with E-state index >= 15 is 0 Å². The van der Waals surface area contributed by atoms with E-state index in [1.54, 1.807) is 11.5 Å². The van der Waals surface area contributed by atoms with Crippen molar-refractivity contribution in [2.45, 2.75) is 43.6 Å². The van der Waals surface area contributed by atoms with E-state index < -0.39 is 0 Å². The second kappa shape index (κ2) is 4.79. The Morgan fingerprint density at radius 1 is 0.958 bits per heavy atom. The highest BCUT2D eigenvalue weighted by molar-refractivity contribution is 7.09. The molecule has 24 heavy (non-hydrogen) atoms. The highest BCUT2D eigenvalue weighted by atomic mass is 32.1. The van der Waals surface area contributed by atoms with E-state index in [4.69, 9.17) is 9.97 Å². The zero-order valence-electron chi connectivity index (χ0n) is 13.4. The maximum atomic E-state index is 4.93. The summed E-state index contributed by atoms with van der Waals surface area (Å²) in [5.74, 6) is 3.70. The Labute approximate surface area is 144 Å². The van der Waals surface area contributed by atoms with Gasteiger partial charge in [0.25, 0.3) is 0 Å². The van der Waals surface area contributed by atoms with Crippen molar-refractivity contribution in [1.82, 2.24) is 18.9 Å². The number of imidazole rings is 1. The minimum atomic E-state index is 0.515. The normalized spacial score (nSPS) is 21.4. The van der Waals surface area contributed by atoms with E-state index in [0.29, 0.717) is 17.9 Å². The van der Waals surface area contributed by atoms with E-state index in [9.17, 15) is 0 Å². The van der Waals surface area contributed by atoms with Crippen LogP contribution in [0.1, 0.15) is 55.2 Å². The molecule has 0 N–H and O–H groups in total. The summed E-state index contributed by atoms with van der Waals surface area (Å²) in [5, 5.41) is 1.10. The van der Waals surface area contributed by atoms with E-state index in [1.807, 2.05) is 0 Å². The Morgan fingerprint density at radius 3 is 2.54 bits per heavy atom. The second-order valence-electron chi connectivity index (χ2n) is 7.37. The number of aromatic nitrogens is 4. The molecule has 0 atom stereocenters. The van der Waals surface area contributed by atoms with Crippen molar-refractivity contribution in [1.29, 1.82) is 0 Å². The van der Waals surface area contributed by atoms with Crippen molar-refractivity contribution in [3.63, 3.8) is 0 Å². The zero-order chi connectivity index (χ0) is 15.7. The summed E-state index contributed by atoms with van der Waals surface area (Å²) < 4.78 is 7.05. The SMILES string of the molecule is c1ccc2c(c1)nc(C1CC1)n2C1CN(c2nc(C3CC3)ns2)C1. The number of anilines is 1. The molecule has 2 saturated carbocycles. The minimum Gasteiger partial charge on any atom is -0.343 e. The maximum Gasteiger partial charge on any atom is 0.205 e. The molecular formula is C18H19N5S. The van der Waals surface area contributed by atoms with Crippen molar-refractivity contribution in [2.24, 2.45) is 0 Å². The van der Waals surface area contributed by atoms with Gasteiger partial charge in [0.2, 0.25) is 5.13 Å². The van der Waals surface area contributed by atoms with E-state index in [-0.39, 0.29) is 0 Å². The van der Waals surface area contributed by atoms with Crippen LogP contribution in [0.15, 0.2) is 24.3 Å². The summed E-state index contributed by atoms with van der Waals surface area (Å²) >= 11 is 1.57. The van der Waals surface area contributed by atoms with E-state index in [1.165, 1.54) is 37.0 Å². The fraction of sp³-hybridized carbons (Fsp3) is 0.500. The average molecular weight is 337 g/mol. The van der Waals surface area contributed by atoms with Gasteiger partial charge in [-0.05, 0) is 37.8 Å². The van der Waals surface area contributed by atoms with Gasteiger partial charge in [0.15, 0.2) is 0 Å². The largest absolute Gasteiger partial charge is 0.343 e. The summed E-state index contributed by atoms with van der Waals surface area (Å²) in [4.78, 5) is 12.1. The van der Waals surface area contributed by atoms with Gasteiger partial charge in [-0.3, -0.25) is 0 Å². The lowest BCUT2D eigenvalue weighted by Crippen LogP contribution is -2.48. The summed E-state index contributed by atoms with van der Waals surface area (Å²) in [5.41, 5.74) is 2.43. The fourth-order valence-corrected chi connectivity index (χ4v) is 4.48. The van der Waals surface area contributed by atoms with Crippen molar-refractivity contribution < 1.29 is 0 Å². The smallest absolute Gasteiger partial charge is 0.205 e. The lowest BCUT2D eigenvalue weighted by atomic mass is 10.1. The van der Waals surface area contributed by atoms with Gasteiger partial charge in [0.05, 0.1) is 17.1 Å². The quantitative estimate of drug-likeness (QED) is 0.728. The maximum absolute atomic E-state index is 4.93. The van der Waals surface area contributed by atoms with Crippen LogP contribution in [0.4, 0.5) is 5.13 Å². The standard InChI is InChI=1S/C18H19N5S/c1-2-4-15-14(3-1)19-17(12-7-8-12)23(15)13-9-22(10-13)18-20-16(21-24-18)11-5-6-11/h1-4,11-13H,5-10H2. The van der Waals surface area contributed by atoms with Crippen LogP contribution in [0, 0.1) is 0 Å². The van der Waals surface area contributed by atoms with E-state index in [0.717, 1.165) is 29.6 Å². The molecule has 6 heteroatoms. The summed E-state index contributed by atoms with van der Waals surface area (Å²) in [6.07, 6.45) is 5.12. The third-order valence-electron chi connectivity index (χ3n) is 5.44. The zero-order valence-corrected chi connectivity index (χ0v) is 14.2. The average Bonchev–Trinajstić information content (AvgIpc) is 3.49. The molecule has 0 spiro atoms. The number of para-hydroxylation sites is 2. The molecule has 2 aliphatic carbocycles. The van der Waals surface area contributed by atoms with Gasteiger partial charge in [-0.2, -0.15) is 4.37 Å². The van der Waals surface area contributed by atoms with Crippen LogP contribution in [-0.2, 0) is 0 Å². The summed E-state index contributed by atoms with van der Waals surface area (Å²) in [6.45, 7) is 2.05. The summed E-state index contributed by atoms with van der Waals surface area (Å²) in [6, 6.07) is 9.08. The number of fused-ring (bicyclic) bond motifs is 1. The van der Waals surface area contributed by atoms with Crippen LogP contribution in [0.5, 0.6) is 0 Å². The van der Waals surface area contributed by atoms with Crippen LogP contribution >= 0.6 is 11.5 Å². The number of hydrogen-bond acceptors (Lipinski definition) is 5. The van der Waals surface area contributed by atoms with Crippen molar-refractivity contribution in [3.05, 3.63) is 35.9 Å². The highest BCUT2D eigenvalue weighted by Crippen LogP contribution is 2.44. The Balaban J connectivity index is 1.29. The molecule has 0 radical (unpaired) electrons. The molecule has 1 aliphatic heterocycles. The highest BCUT2D eigenvalue weighted by Gasteiger charge is 2.38. The Bertz CT molecular complexity index is 915. The van der Waals surface area contributed by atoms with Gasteiger partial charge < -0.3 is 9.47 Å². The van der Waals surface area contributed by atoms with Crippen LogP contribution < -0.4 is 4.90 Å². The topological polar surface area (TPSA) is 46.8 Å². The van der Waals surface area contributed by atoms with Crippen molar-refractivity contribution in [2.75, 3.05) is 18.0 Å². The van der Waals surface area contributed by atoms with Crippen LogP contribution in [0.3, 0.4) is 0 Å². The first kappa shape index (κ1) is 13.4.